The molecule has 2 aliphatic rings. The van der Waals surface area contributed by atoms with E-state index < -0.39 is 0 Å². The second kappa shape index (κ2) is 8.82. The van der Waals surface area contributed by atoms with Gasteiger partial charge in [-0.1, -0.05) is 0 Å². The Morgan fingerprint density at radius 1 is 1.06 bits per heavy atom. The highest BCUT2D eigenvalue weighted by molar-refractivity contribution is 5.93. The van der Waals surface area contributed by atoms with Crippen LogP contribution in [-0.2, 0) is 4.79 Å². The summed E-state index contributed by atoms with van der Waals surface area (Å²) in [6.45, 7) is 2.41. The van der Waals surface area contributed by atoms with Crippen molar-refractivity contribution in [1.82, 2.24) is 9.97 Å². The maximum atomic E-state index is 13.2. The lowest BCUT2D eigenvalue weighted by molar-refractivity contribution is -0.120. The highest BCUT2D eigenvalue weighted by atomic mass is 19.1. The number of fused-ring (bicyclic) bond motifs is 1. The third-order valence-corrected chi connectivity index (χ3v) is 5.67. The number of amides is 1. The maximum absolute atomic E-state index is 13.2. The van der Waals surface area contributed by atoms with E-state index in [1.54, 1.807) is 24.4 Å². The van der Waals surface area contributed by atoms with E-state index in [4.69, 9.17) is 9.47 Å². The first kappa shape index (κ1) is 20.2. The van der Waals surface area contributed by atoms with Crippen LogP contribution >= 0.6 is 0 Å². The van der Waals surface area contributed by atoms with E-state index in [1.807, 2.05) is 18.2 Å². The molecule has 1 N–H and O–H groups in total. The Morgan fingerprint density at radius 2 is 1.88 bits per heavy atom. The van der Waals surface area contributed by atoms with Gasteiger partial charge in [-0.05, 0) is 55.3 Å². The first-order valence-electron chi connectivity index (χ1n) is 10.7. The van der Waals surface area contributed by atoms with E-state index in [0.717, 1.165) is 30.8 Å². The molecule has 1 aromatic heterocycles. The number of nitrogens with zero attached hydrogens (tertiary/aromatic N) is 3. The van der Waals surface area contributed by atoms with Crippen LogP contribution < -0.4 is 19.7 Å². The number of piperidine rings is 1. The highest BCUT2D eigenvalue weighted by Crippen LogP contribution is 2.33. The Hall–Kier alpha value is -3.68. The number of hydrogen-bond acceptors (Lipinski definition) is 6. The van der Waals surface area contributed by atoms with Crippen LogP contribution in [0.5, 0.6) is 11.5 Å². The van der Waals surface area contributed by atoms with Crippen LogP contribution in [0.3, 0.4) is 0 Å². The number of carbonyl (C=O) groups excluding carboxylic acids is 1. The van der Waals surface area contributed by atoms with Gasteiger partial charge < -0.3 is 19.7 Å². The summed E-state index contributed by atoms with van der Waals surface area (Å²) in [4.78, 5) is 24.0. The summed E-state index contributed by atoms with van der Waals surface area (Å²) in [5, 5.41) is 3.01. The lowest BCUT2D eigenvalue weighted by Crippen LogP contribution is -2.41. The van der Waals surface area contributed by atoms with Crippen molar-refractivity contribution in [3.63, 3.8) is 0 Å². The summed E-state index contributed by atoms with van der Waals surface area (Å²) >= 11 is 0. The van der Waals surface area contributed by atoms with Crippen molar-refractivity contribution < 1.29 is 18.7 Å². The first-order valence-corrected chi connectivity index (χ1v) is 10.7. The number of halogens is 1. The van der Waals surface area contributed by atoms with Gasteiger partial charge in [0.25, 0.3) is 0 Å². The van der Waals surface area contributed by atoms with Crippen molar-refractivity contribution in [2.75, 3.05) is 36.5 Å². The molecule has 2 aromatic carbocycles. The predicted octanol–water partition coefficient (Wildman–Crippen LogP) is 3.91. The van der Waals surface area contributed by atoms with Gasteiger partial charge in [-0.15, -0.1) is 0 Å². The van der Waals surface area contributed by atoms with Gasteiger partial charge in [-0.25, -0.2) is 14.4 Å². The van der Waals surface area contributed by atoms with Crippen LogP contribution in [0.1, 0.15) is 12.8 Å². The molecule has 1 atom stereocenters. The molecule has 0 aliphatic carbocycles. The molecule has 32 heavy (non-hydrogen) atoms. The van der Waals surface area contributed by atoms with Crippen molar-refractivity contribution in [2.45, 2.75) is 12.8 Å². The van der Waals surface area contributed by atoms with Crippen LogP contribution in [0.4, 0.5) is 15.9 Å². The third kappa shape index (κ3) is 4.34. The zero-order chi connectivity index (χ0) is 21.9. The average molecular weight is 434 g/mol. The minimum absolute atomic E-state index is 0.0285. The van der Waals surface area contributed by atoms with E-state index in [2.05, 4.69) is 20.2 Å². The molecule has 164 valence electrons. The smallest absolute Gasteiger partial charge is 0.229 e. The van der Waals surface area contributed by atoms with Crippen molar-refractivity contribution >= 4 is 17.4 Å². The van der Waals surface area contributed by atoms with Crippen molar-refractivity contribution in [1.29, 1.82) is 0 Å². The SMILES string of the molecule is O=C(Nc1ccc2c(c1)OCCO2)[C@@H]1CCCN(c2ccnc(-c3ccc(F)cc3)n2)C1. The monoisotopic (exact) mass is 434 g/mol. The third-order valence-electron chi connectivity index (χ3n) is 5.67. The molecule has 1 saturated heterocycles. The average Bonchev–Trinajstić information content (AvgIpc) is 2.84. The standard InChI is InChI=1S/C24H23FN4O3/c25-18-5-3-16(4-6-18)23-26-10-9-22(28-23)29-11-1-2-17(15-29)24(30)27-19-7-8-20-21(14-19)32-13-12-31-20/h3-10,14,17H,1-2,11-13,15H2,(H,27,30)/t17-/m1/s1. The number of ether oxygens (including phenoxy) is 2. The molecule has 3 aromatic rings. The summed E-state index contributed by atoms with van der Waals surface area (Å²) in [6.07, 6.45) is 3.39. The number of benzene rings is 2. The van der Waals surface area contributed by atoms with Gasteiger partial charge in [0.15, 0.2) is 17.3 Å². The predicted molar refractivity (Wildman–Crippen MR) is 118 cm³/mol. The fraction of sp³-hybridized carbons (Fsp3) is 0.292. The summed E-state index contributed by atoms with van der Waals surface area (Å²) < 4.78 is 24.4. The summed E-state index contributed by atoms with van der Waals surface area (Å²) in [7, 11) is 0. The molecule has 7 nitrogen and oxygen atoms in total. The van der Waals surface area contributed by atoms with Gasteiger partial charge >= 0.3 is 0 Å². The molecule has 0 bridgehead atoms. The van der Waals surface area contributed by atoms with Gasteiger partial charge in [0.2, 0.25) is 5.91 Å². The van der Waals surface area contributed by atoms with Crippen LogP contribution in [0.15, 0.2) is 54.7 Å². The van der Waals surface area contributed by atoms with Crippen molar-refractivity contribution in [3.8, 4) is 22.9 Å². The van der Waals surface area contributed by atoms with E-state index in [0.29, 0.717) is 42.8 Å². The Bertz CT molecular complexity index is 1120. The first-order chi connectivity index (χ1) is 15.7. The topological polar surface area (TPSA) is 76.6 Å². The van der Waals surface area contributed by atoms with E-state index in [1.165, 1.54) is 12.1 Å². The molecule has 0 spiro atoms. The molecule has 1 amide bonds. The fourth-order valence-electron chi connectivity index (χ4n) is 4.03. The quantitative estimate of drug-likeness (QED) is 0.671. The molecule has 3 heterocycles. The lowest BCUT2D eigenvalue weighted by Gasteiger charge is -2.33. The van der Waals surface area contributed by atoms with Gasteiger partial charge in [-0.2, -0.15) is 0 Å². The number of hydrogen-bond donors (Lipinski definition) is 1. The number of rotatable bonds is 4. The number of carbonyl (C=O) groups is 1. The van der Waals surface area contributed by atoms with Crippen LogP contribution in [0, 0.1) is 11.7 Å². The largest absolute Gasteiger partial charge is 0.486 e. The second-order valence-electron chi connectivity index (χ2n) is 7.88. The Labute approximate surface area is 185 Å². The summed E-state index contributed by atoms with van der Waals surface area (Å²) in [5.74, 6) is 2.14. The molecular weight excluding hydrogens is 411 g/mol. The maximum Gasteiger partial charge on any atom is 0.229 e. The fourth-order valence-corrected chi connectivity index (χ4v) is 4.03. The summed E-state index contributed by atoms with van der Waals surface area (Å²) in [6, 6.07) is 13.4. The Morgan fingerprint density at radius 3 is 2.72 bits per heavy atom. The molecule has 8 heteroatoms. The van der Waals surface area contributed by atoms with Gasteiger partial charge in [0.1, 0.15) is 24.8 Å². The van der Waals surface area contributed by atoms with Gasteiger partial charge in [-0.3, -0.25) is 4.79 Å². The second-order valence-corrected chi connectivity index (χ2v) is 7.88. The summed E-state index contributed by atoms with van der Waals surface area (Å²) in [5.41, 5.74) is 1.44. The molecule has 0 saturated carbocycles. The van der Waals surface area contributed by atoms with Crippen molar-refractivity contribution in [3.05, 3.63) is 60.5 Å². The minimum atomic E-state index is -0.298. The number of aromatic nitrogens is 2. The molecule has 1 fully saturated rings. The van der Waals surface area contributed by atoms with E-state index >= 15 is 0 Å². The van der Waals surface area contributed by atoms with Crippen molar-refractivity contribution in [2.24, 2.45) is 5.92 Å². The van der Waals surface area contributed by atoms with Crippen LogP contribution in [-0.4, -0.2) is 42.2 Å². The molecule has 5 rings (SSSR count). The number of anilines is 2. The molecular formula is C24H23FN4O3. The number of nitrogens with one attached hydrogen (secondary N) is 1. The Kier molecular flexibility index (Phi) is 5.58. The Balaban J connectivity index is 1.28. The molecule has 0 unspecified atom stereocenters. The minimum Gasteiger partial charge on any atom is -0.486 e. The highest BCUT2D eigenvalue weighted by Gasteiger charge is 2.27. The zero-order valence-electron chi connectivity index (χ0n) is 17.5. The molecule has 0 radical (unpaired) electrons. The van der Waals surface area contributed by atoms with Crippen LogP contribution in [0.25, 0.3) is 11.4 Å². The van der Waals surface area contributed by atoms with Gasteiger partial charge in [0.05, 0.1) is 5.92 Å². The zero-order valence-corrected chi connectivity index (χ0v) is 17.5. The molecule has 2 aliphatic heterocycles. The van der Waals surface area contributed by atoms with Gasteiger partial charge in [0, 0.05) is 36.6 Å². The van der Waals surface area contributed by atoms with E-state index in [-0.39, 0.29) is 17.6 Å². The van der Waals surface area contributed by atoms with Crippen LogP contribution in [0.2, 0.25) is 0 Å². The normalized spacial score (nSPS) is 17.7. The van der Waals surface area contributed by atoms with E-state index in [9.17, 15) is 9.18 Å². The lowest BCUT2D eigenvalue weighted by atomic mass is 9.97.